The van der Waals surface area contributed by atoms with Crippen LogP contribution in [0.25, 0.3) is 0 Å². The molecule has 4 nitrogen and oxygen atoms in total. The quantitative estimate of drug-likeness (QED) is 0.778. The van der Waals surface area contributed by atoms with Gasteiger partial charge in [-0.05, 0) is 56.4 Å². The van der Waals surface area contributed by atoms with Crippen LogP contribution in [0.4, 0.5) is 10.5 Å². The molecule has 20 heavy (non-hydrogen) atoms. The van der Waals surface area contributed by atoms with E-state index in [2.05, 4.69) is 21.2 Å². The van der Waals surface area contributed by atoms with Crippen LogP contribution >= 0.6 is 15.9 Å². The fraction of sp³-hybridized carbons (Fsp3) is 0.533. The SMILES string of the molecule is Cc1cc(NC(=O)N(CCCCO)C2CC2)ccc1Br. The van der Waals surface area contributed by atoms with Crippen molar-refractivity contribution in [1.29, 1.82) is 0 Å². The standard InChI is InChI=1S/C15H21BrN2O2/c1-11-10-12(4-7-14(11)16)17-15(20)18(13-5-6-13)8-2-3-9-19/h4,7,10,13,19H,2-3,5-6,8-9H2,1H3,(H,17,20). The summed E-state index contributed by atoms with van der Waals surface area (Å²) in [7, 11) is 0. The van der Waals surface area contributed by atoms with Crippen LogP contribution in [0.2, 0.25) is 0 Å². The Kier molecular flexibility index (Phi) is 5.43. The smallest absolute Gasteiger partial charge is 0.322 e. The number of hydrogen-bond acceptors (Lipinski definition) is 2. The van der Waals surface area contributed by atoms with E-state index in [4.69, 9.17) is 5.11 Å². The summed E-state index contributed by atoms with van der Waals surface area (Å²) in [6, 6.07) is 6.14. The molecule has 0 atom stereocenters. The van der Waals surface area contributed by atoms with Crippen molar-refractivity contribution in [3.8, 4) is 0 Å². The van der Waals surface area contributed by atoms with Crippen LogP contribution < -0.4 is 5.32 Å². The number of aliphatic hydroxyl groups excluding tert-OH is 1. The summed E-state index contributed by atoms with van der Waals surface area (Å²) >= 11 is 3.45. The highest BCUT2D eigenvalue weighted by molar-refractivity contribution is 9.10. The van der Waals surface area contributed by atoms with Crippen LogP contribution in [0, 0.1) is 6.92 Å². The van der Waals surface area contributed by atoms with Crippen molar-refractivity contribution in [2.45, 2.75) is 38.6 Å². The number of anilines is 1. The molecule has 1 aliphatic carbocycles. The van der Waals surface area contributed by atoms with Gasteiger partial charge in [0.15, 0.2) is 0 Å². The second-order valence-electron chi connectivity index (χ2n) is 5.25. The van der Waals surface area contributed by atoms with E-state index in [1.807, 2.05) is 30.0 Å². The highest BCUT2D eigenvalue weighted by atomic mass is 79.9. The van der Waals surface area contributed by atoms with E-state index in [1.54, 1.807) is 0 Å². The van der Waals surface area contributed by atoms with Gasteiger partial charge in [-0.2, -0.15) is 0 Å². The number of hydrogen-bond donors (Lipinski definition) is 2. The molecule has 0 spiro atoms. The number of urea groups is 1. The molecule has 2 rings (SSSR count). The predicted octanol–water partition coefficient (Wildman–Crippen LogP) is 3.53. The lowest BCUT2D eigenvalue weighted by atomic mass is 10.2. The van der Waals surface area contributed by atoms with Crippen molar-refractivity contribution >= 4 is 27.6 Å². The predicted molar refractivity (Wildman–Crippen MR) is 83.9 cm³/mol. The van der Waals surface area contributed by atoms with Crippen molar-refractivity contribution in [3.63, 3.8) is 0 Å². The third-order valence-corrected chi connectivity index (χ3v) is 4.35. The second kappa shape index (κ2) is 7.09. The molecule has 0 heterocycles. The monoisotopic (exact) mass is 340 g/mol. The largest absolute Gasteiger partial charge is 0.396 e. The van der Waals surface area contributed by atoms with Gasteiger partial charge in [0, 0.05) is 29.4 Å². The topological polar surface area (TPSA) is 52.6 Å². The lowest BCUT2D eigenvalue weighted by Gasteiger charge is -2.23. The summed E-state index contributed by atoms with van der Waals surface area (Å²) in [5.74, 6) is 0. The normalized spacial score (nSPS) is 14.2. The fourth-order valence-corrected chi connectivity index (χ4v) is 2.39. The summed E-state index contributed by atoms with van der Waals surface area (Å²) in [6.07, 6.45) is 3.77. The molecule has 0 bridgehead atoms. The number of rotatable bonds is 6. The van der Waals surface area contributed by atoms with E-state index >= 15 is 0 Å². The number of unbranched alkanes of at least 4 members (excludes halogenated alkanes) is 1. The Balaban J connectivity index is 1.95. The molecule has 0 aromatic heterocycles. The zero-order valence-corrected chi connectivity index (χ0v) is 13.3. The number of aryl methyl sites for hydroxylation is 1. The number of nitrogens with zero attached hydrogens (tertiary/aromatic N) is 1. The van der Waals surface area contributed by atoms with Crippen LogP contribution in [-0.4, -0.2) is 35.2 Å². The maximum absolute atomic E-state index is 12.3. The number of carbonyl (C=O) groups excluding carboxylic acids is 1. The Bertz CT molecular complexity index is 475. The van der Waals surface area contributed by atoms with Gasteiger partial charge in [-0.15, -0.1) is 0 Å². The summed E-state index contributed by atoms with van der Waals surface area (Å²) < 4.78 is 1.04. The fourth-order valence-electron chi connectivity index (χ4n) is 2.15. The second-order valence-corrected chi connectivity index (χ2v) is 6.10. The van der Waals surface area contributed by atoms with Gasteiger partial charge < -0.3 is 15.3 Å². The van der Waals surface area contributed by atoms with Gasteiger partial charge in [-0.25, -0.2) is 4.79 Å². The van der Waals surface area contributed by atoms with Crippen LogP contribution in [0.1, 0.15) is 31.2 Å². The molecule has 1 fully saturated rings. The van der Waals surface area contributed by atoms with Crippen molar-refractivity contribution < 1.29 is 9.90 Å². The van der Waals surface area contributed by atoms with Crippen molar-refractivity contribution in [3.05, 3.63) is 28.2 Å². The maximum atomic E-state index is 12.3. The molecule has 1 aliphatic rings. The van der Waals surface area contributed by atoms with Gasteiger partial charge in [-0.3, -0.25) is 0 Å². The Morgan fingerprint density at radius 1 is 1.45 bits per heavy atom. The Morgan fingerprint density at radius 2 is 2.20 bits per heavy atom. The number of aliphatic hydroxyl groups is 1. The molecule has 1 saturated carbocycles. The number of amides is 2. The van der Waals surface area contributed by atoms with Crippen LogP contribution in [-0.2, 0) is 0 Å². The van der Waals surface area contributed by atoms with Crippen LogP contribution in [0.3, 0.4) is 0 Å². The molecule has 2 amide bonds. The summed E-state index contributed by atoms with van der Waals surface area (Å²) in [5, 5.41) is 11.8. The van der Waals surface area contributed by atoms with Gasteiger partial charge >= 0.3 is 6.03 Å². The molecular weight excluding hydrogens is 320 g/mol. The highest BCUT2D eigenvalue weighted by Gasteiger charge is 2.32. The first-order valence-electron chi connectivity index (χ1n) is 7.06. The molecule has 5 heteroatoms. The lowest BCUT2D eigenvalue weighted by molar-refractivity contribution is 0.204. The highest BCUT2D eigenvalue weighted by Crippen LogP contribution is 2.28. The molecule has 1 aromatic rings. The first-order valence-corrected chi connectivity index (χ1v) is 7.85. The van der Waals surface area contributed by atoms with Crippen molar-refractivity contribution in [1.82, 2.24) is 4.90 Å². The Hall–Kier alpha value is -1.07. The maximum Gasteiger partial charge on any atom is 0.322 e. The average Bonchev–Trinajstić information content (AvgIpc) is 3.23. The zero-order valence-electron chi connectivity index (χ0n) is 11.7. The van der Waals surface area contributed by atoms with Crippen molar-refractivity contribution in [2.24, 2.45) is 0 Å². The molecular formula is C15H21BrN2O2. The van der Waals surface area contributed by atoms with E-state index in [9.17, 15) is 4.79 Å². The molecule has 2 N–H and O–H groups in total. The van der Waals surface area contributed by atoms with E-state index in [-0.39, 0.29) is 12.6 Å². The minimum absolute atomic E-state index is 0.0350. The molecule has 0 radical (unpaired) electrons. The van der Waals surface area contributed by atoms with Crippen LogP contribution in [0.15, 0.2) is 22.7 Å². The minimum Gasteiger partial charge on any atom is -0.396 e. The third kappa shape index (κ3) is 4.21. The van der Waals surface area contributed by atoms with Gasteiger partial charge in [0.2, 0.25) is 0 Å². The van der Waals surface area contributed by atoms with E-state index < -0.39 is 0 Å². The first kappa shape index (κ1) is 15.3. The van der Waals surface area contributed by atoms with Gasteiger partial charge in [0.05, 0.1) is 0 Å². The number of halogens is 1. The zero-order chi connectivity index (χ0) is 14.5. The van der Waals surface area contributed by atoms with Gasteiger partial charge in [-0.1, -0.05) is 15.9 Å². The summed E-state index contributed by atoms with van der Waals surface area (Å²) in [6.45, 7) is 2.90. The number of carbonyl (C=O) groups is 1. The van der Waals surface area contributed by atoms with E-state index in [0.29, 0.717) is 12.6 Å². The first-order chi connectivity index (χ1) is 9.61. The van der Waals surface area contributed by atoms with Crippen molar-refractivity contribution in [2.75, 3.05) is 18.5 Å². The lowest BCUT2D eigenvalue weighted by Crippen LogP contribution is -2.37. The molecule has 1 aromatic carbocycles. The number of nitrogens with one attached hydrogen (secondary N) is 1. The molecule has 110 valence electrons. The number of benzene rings is 1. The summed E-state index contributed by atoms with van der Waals surface area (Å²) in [5.41, 5.74) is 1.92. The Morgan fingerprint density at radius 3 is 2.80 bits per heavy atom. The van der Waals surface area contributed by atoms with Crippen LogP contribution in [0.5, 0.6) is 0 Å². The van der Waals surface area contributed by atoms with E-state index in [1.165, 1.54) is 0 Å². The molecule has 0 unspecified atom stereocenters. The average molecular weight is 341 g/mol. The molecule has 0 aliphatic heterocycles. The summed E-state index contributed by atoms with van der Waals surface area (Å²) in [4.78, 5) is 14.2. The Labute approximate surface area is 128 Å². The minimum atomic E-state index is -0.0350. The van der Waals surface area contributed by atoms with Gasteiger partial charge in [0.25, 0.3) is 0 Å². The van der Waals surface area contributed by atoms with E-state index in [0.717, 1.165) is 41.4 Å². The third-order valence-electron chi connectivity index (χ3n) is 3.46. The van der Waals surface area contributed by atoms with Gasteiger partial charge in [0.1, 0.15) is 0 Å². The molecule has 0 saturated heterocycles.